The number of sulfonamides is 1. The van der Waals surface area contributed by atoms with Crippen molar-refractivity contribution in [1.82, 2.24) is 9.21 Å². The summed E-state index contributed by atoms with van der Waals surface area (Å²) in [5.74, 6) is 0.844. The molecular weight excluding hydrogens is 502 g/mol. The van der Waals surface area contributed by atoms with Gasteiger partial charge < -0.3 is 19.4 Å². The number of hydrogen-bond donors (Lipinski definition) is 1. The molecule has 188 valence electrons. The van der Waals surface area contributed by atoms with Crippen molar-refractivity contribution < 1.29 is 27.2 Å². The standard InChI is InChI=1S/C25H25N3O6S2/c29-23-17-35-25(28(23)16-21-2-1-13-34-21)19-5-3-18(4-6-19)24(30)26-20-7-9-22(10-8-20)36(31,32)27-11-14-33-15-12-27/h1-10,13,25H,11-12,14-17H2,(H,26,30)/t25-/m1/s1. The fourth-order valence-corrected chi connectivity index (χ4v) is 6.72. The highest BCUT2D eigenvalue weighted by Crippen LogP contribution is 2.39. The maximum absolute atomic E-state index is 12.8. The Labute approximate surface area is 213 Å². The Bertz CT molecular complexity index is 1320. The SMILES string of the molecule is O=C(Nc1ccc(S(=O)(=O)N2CCOCC2)cc1)c1ccc([C@H]2SCC(=O)N2Cc2ccco2)cc1. The van der Waals surface area contributed by atoms with Gasteiger partial charge in [-0.3, -0.25) is 9.59 Å². The number of nitrogens with one attached hydrogen (secondary N) is 1. The number of carbonyl (C=O) groups is 2. The third-order valence-corrected chi connectivity index (χ3v) is 9.22. The lowest BCUT2D eigenvalue weighted by molar-refractivity contribution is -0.128. The van der Waals surface area contributed by atoms with Gasteiger partial charge in [-0.25, -0.2) is 8.42 Å². The number of nitrogens with zero attached hydrogens (tertiary/aromatic N) is 2. The monoisotopic (exact) mass is 527 g/mol. The number of ether oxygens (including phenoxy) is 1. The zero-order valence-electron chi connectivity index (χ0n) is 19.3. The Morgan fingerprint density at radius 1 is 1.03 bits per heavy atom. The van der Waals surface area contributed by atoms with Crippen LogP contribution in [0.2, 0.25) is 0 Å². The fraction of sp³-hybridized carbons (Fsp3) is 0.280. The largest absolute Gasteiger partial charge is 0.467 e. The van der Waals surface area contributed by atoms with Gasteiger partial charge in [0.1, 0.15) is 11.1 Å². The first kappa shape index (κ1) is 24.6. The van der Waals surface area contributed by atoms with Crippen molar-refractivity contribution >= 4 is 39.3 Å². The van der Waals surface area contributed by atoms with E-state index in [1.165, 1.54) is 28.2 Å². The van der Waals surface area contributed by atoms with Crippen LogP contribution in [-0.4, -0.2) is 61.5 Å². The number of hydrogen-bond acceptors (Lipinski definition) is 7. The molecule has 3 aromatic rings. The van der Waals surface area contributed by atoms with Gasteiger partial charge in [-0.2, -0.15) is 4.31 Å². The third kappa shape index (κ3) is 5.19. The molecule has 1 N–H and O–H groups in total. The van der Waals surface area contributed by atoms with Crippen LogP contribution in [0.3, 0.4) is 0 Å². The summed E-state index contributed by atoms with van der Waals surface area (Å²) in [6, 6.07) is 16.9. The van der Waals surface area contributed by atoms with Gasteiger partial charge in [0.05, 0.1) is 36.7 Å². The smallest absolute Gasteiger partial charge is 0.255 e. The number of furan rings is 1. The second-order valence-electron chi connectivity index (χ2n) is 8.38. The molecule has 5 rings (SSSR count). The Morgan fingerprint density at radius 3 is 2.42 bits per heavy atom. The topological polar surface area (TPSA) is 109 Å². The van der Waals surface area contributed by atoms with Crippen LogP contribution >= 0.6 is 11.8 Å². The molecule has 0 bridgehead atoms. The van der Waals surface area contributed by atoms with E-state index in [0.717, 1.165) is 11.3 Å². The molecule has 2 aromatic carbocycles. The summed E-state index contributed by atoms with van der Waals surface area (Å²) in [5, 5.41) is 2.65. The molecule has 1 atom stereocenters. The van der Waals surface area contributed by atoms with Gasteiger partial charge in [0.2, 0.25) is 15.9 Å². The molecule has 0 aliphatic carbocycles. The first-order valence-corrected chi connectivity index (χ1v) is 13.9. The predicted molar refractivity (Wildman–Crippen MR) is 135 cm³/mol. The van der Waals surface area contributed by atoms with Crippen LogP contribution in [0.4, 0.5) is 5.69 Å². The number of thioether (sulfide) groups is 1. The number of carbonyl (C=O) groups excluding carboxylic acids is 2. The van der Waals surface area contributed by atoms with Gasteiger partial charge in [-0.15, -0.1) is 11.8 Å². The van der Waals surface area contributed by atoms with E-state index in [1.54, 1.807) is 41.5 Å². The highest BCUT2D eigenvalue weighted by atomic mass is 32.2. The van der Waals surface area contributed by atoms with E-state index in [0.29, 0.717) is 49.9 Å². The zero-order valence-corrected chi connectivity index (χ0v) is 21.0. The van der Waals surface area contributed by atoms with Gasteiger partial charge in [0, 0.05) is 24.3 Å². The lowest BCUT2D eigenvalue weighted by Crippen LogP contribution is -2.40. The maximum Gasteiger partial charge on any atom is 0.255 e. The molecule has 36 heavy (non-hydrogen) atoms. The summed E-state index contributed by atoms with van der Waals surface area (Å²) in [4.78, 5) is 27.1. The lowest BCUT2D eigenvalue weighted by atomic mass is 10.1. The first-order valence-electron chi connectivity index (χ1n) is 11.4. The van der Waals surface area contributed by atoms with E-state index in [4.69, 9.17) is 9.15 Å². The molecular formula is C25H25N3O6S2. The van der Waals surface area contributed by atoms with Crippen LogP contribution in [0.15, 0.2) is 76.2 Å². The van der Waals surface area contributed by atoms with E-state index in [9.17, 15) is 18.0 Å². The number of morpholine rings is 1. The van der Waals surface area contributed by atoms with E-state index in [-0.39, 0.29) is 22.1 Å². The van der Waals surface area contributed by atoms with Crippen molar-refractivity contribution in [3.63, 3.8) is 0 Å². The van der Waals surface area contributed by atoms with Gasteiger partial charge in [-0.1, -0.05) is 12.1 Å². The summed E-state index contributed by atoms with van der Waals surface area (Å²) in [7, 11) is -3.59. The maximum atomic E-state index is 12.8. The Morgan fingerprint density at radius 2 is 1.75 bits per heavy atom. The first-order chi connectivity index (χ1) is 17.4. The van der Waals surface area contributed by atoms with Crippen LogP contribution in [-0.2, 0) is 26.1 Å². The van der Waals surface area contributed by atoms with E-state index < -0.39 is 10.0 Å². The molecule has 0 radical (unpaired) electrons. The van der Waals surface area contributed by atoms with Crippen molar-refractivity contribution in [3.8, 4) is 0 Å². The summed E-state index contributed by atoms with van der Waals surface area (Å²) < 4.78 is 37.6. The third-order valence-electron chi connectivity index (χ3n) is 6.05. The van der Waals surface area contributed by atoms with Gasteiger partial charge in [0.15, 0.2) is 0 Å². The predicted octanol–water partition coefficient (Wildman–Crippen LogP) is 3.33. The summed E-state index contributed by atoms with van der Waals surface area (Å²) in [5.41, 5.74) is 1.87. The van der Waals surface area contributed by atoms with E-state index >= 15 is 0 Å². The molecule has 2 saturated heterocycles. The number of benzene rings is 2. The lowest BCUT2D eigenvalue weighted by Gasteiger charge is -2.26. The van der Waals surface area contributed by atoms with Crippen LogP contribution in [0.1, 0.15) is 27.1 Å². The Kier molecular flexibility index (Phi) is 7.15. The second-order valence-corrected chi connectivity index (χ2v) is 11.4. The second kappa shape index (κ2) is 10.5. The fourth-order valence-electron chi connectivity index (χ4n) is 4.12. The molecule has 2 aliphatic heterocycles. The summed E-state index contributed by atoms with van der Waals surface area (Å²) >= 11 is 1.54. The van der Waals surface area contributed by atoms with Crippen LogP contribution in [0.25, 0.3) is 0 Å². The molecule has 11 heteroatoms. The molecule has 0 unspecified atom stereocenters. The summed E-state index contributed by atoms with van der Waals surface area (Å²) in [6.45, 7) is 1.80. The molecule has 0 saturated carbocycles. The molecule has 2 fully saturated rings. The van der Waals surface area contributed by atoms with Crippen LogP contribution in [0.5, 0.6) is 0 Å². The number of rotatable bonds is 7. The molecule has 3 heterocycles. The van der Waals surface area contributed by atoms with E-state index in [1.807, 2.05) is 18.2 Å². The molecule has 9 nitrogen and oxygen atoms in total. The van der Waals surface area contributed by atoms with Crippen LogP contribution < -0.4 is 5.32 Å². The molecule has 1 aromatic heterocycles. The van der Waals surface area contributed by atoms with Gasteiger partial charge >= 0.3 is 0 Å². The van der Waals surface area contributed by atoms with Gasteiger partial charge in [0.25, 0.3) is 5.91 Å². The van der Waals surface area contributed by atoms with Crippen molar-refractivity contribution in [3.05, 3.63) is 83.8 Å². The minimum absolute atomic E-state index is 0.0438. The summed E-state index contributed by atoms with van der Waals surface area (Å²) in [6.07, 6.45) is 1.59. The molecule has 2 amide bonds. The highest BCUT2D eigenvalue weighted by molar-refractivity contribution is 8.00. The van der Waals surface area contributed by atoms with Crippen molar-refractivity contribution in [2.24, 2.45) is 0 Å². The minimum Gasteiger partial charge on any atom is -0.467 e. The number of anilines is 1. The Hall–Kier alpha value is -3.12. The molecule has 2 aliphatic rings. The highest BCUT2D eigenvalue weighted by Gasteiger charge is 2.33. The average Bonchev–Trinajstić information content (AvgIpc) is 3.55. The Balaban J connectivity index is 1.23. The normalized spacial score (nSPS) is 18.9. The van der Waals surface area contributed by atoms with Crippen molar-refractivity contribution in [2.45, 2.75) is 16.8 Å². The van der Waals surface area contributed by atoms with Crippen molar-refractivity contribution in [1.29, 1.82) is 0 Å². The quantitative estimate of drug-likeness (QED) is 0.502. The molecule has 0 spiro atoms. The average molecular weight is 528 g/mol. The zero-order chi connectivity index (χ0) is 25.1. The van der Waals surface area contributed by atoms with E-state index in [2.05, 4.69) is 5.32 Å². The van der Waals surface area contributed by atoms with Gasteiger partial charge in [-0.05, 0) is 54.1 Å². The van der Waals surface area contributed by atoms with Crippen molar-refractivity contribution in [2.75, 3.05) is 37.4 Å². The van der Waals surface area contributed by atoms with Crippen LogP contribution in [0, 0.1) is 0 Å². The number of amides is 2. The minimum atomic E-state index is -3.59.